The predicted octanol–water partition coefficient (Wildman–Crippen LogP) is 3.72. The summed E-state index contributed by atoms with van der Waals surface area (Å²) in [4.78, 5) is 28.8. The van der Waals surface area contributed by atoms with Crippen molar-refractivity contribution < 1.29 is 14.3 Å². The Bertz CT molecular complexity index is 967. The highest BCUT2D eigenvalue weighted by Crippen LogP contribution is 2.17. The number of imidazole rings is 1. The summed E-state index contributed by atoms with van der Waals surface area (Å²) >= 11 is 3.36. The Morgan fingerprint density at radius 2 is 1.89 bits per heavy atom. The molecule has 0 fully saturated rings. The third-order valence-electron chi connectivity index (χ3n) is 4.30. The molecule has 3 rings (SSSR count). The van der Waals surface area contributed by atoms with Gasteiger partial charge in [-0.05, 0) is 49.7 Å². The van der Waals surface area contributed by atoms with E-state index >= 15 is 0 Å². The SMILES string of the molecule is CCOC(=O)Cn1c(CCCNC(=O)c2ccc(Br)cc2)nc2ccccc21. The number of fused-ring (bicyclic) bond motifs is 1. The van der Waals surface area contributed by atoms with Crippen molar-refractivity contribution in [3.05, 3.63) is 64.4 Å². The second kappa shape index (κ2) is 9.50. The lowest BCUT2D eigenvalue weighted by Crippen LogP contribution is -2.25. The number of halogens is 1. The van der Waals surface area contributed by atoms with Crippen LogP contribution in [0.5, 0.6) is 0 Å². The molecule has 1 aromatic heterocycles. The number of aromatic nitrogens is 2. The number of aryl methyl sites for hydroxylation is 1. The van der Waals surface area contributed by atoms with Crippen LogP contribution in [0.1, 0.15) is 29.5 Å². The van der Waals surface area contributed by atoms with Crippen LogP contribution in [0.2, 0.25) is 0 Å². The first-order chi connectivity index (χ1) is 13.6. The summed E-state index contributed by atoms with van der Waals surface area (Å²) in [5.74, 6) is 0.426. The lowest BCUT2D eigenvalue weighted by molar-refractivity contribution is -0.143. The van der Waals surface area contributed by atoms with Gasteiger partial charge in [-0.25, -0.2) is 4.98 Å². The largest absolute Gasteiger partial charge is 0.465 e. The summed E-state index contributed by atoms with van der Waals surface area (Å²) in [6.07, 6.45) is 1.36. The number of carbonyl (C=O) groups excluding carboxylic acids is 2. The van der Waals surface area contributed by atoms with Gasteiger partial charge in [0.1, 0.15) is 12.4 Å². The summed E-state index contributed by atoms with van der Waals surface area (Å²) in [6.45, 7) is 2.80. The lowest BCUT2D eigenvalue weighted by atomic mass is 10.2. The van der Waals surface area contributed by atoms with E-state index in [-0.39, 0.29) is 18.4 Å². The van der Waals surface area contributed by atoms with Crippen molar-refractivity contribution in [3.8, 4) is 0 Å². The van der Waals surface area contributed by atoms with Gasteiger partial charge >= 0.3 is 5.97 Å². The Morgan fingerprint density at radius 3 is 2.64 bits per heavy atom. The average molecular weight is 444 g/mol. The Kier molecular flexibility index (Phi) is 6.81. The van der Waals surface area contributed by atoms with Crippen LogP contribution in [-0.4, -0.2) is 34.6 Å². The number of benzene rings is 2. The topological polar surface area (TPSA) is 73.2 Å². The summed E-state index contributed by atoms with van der Waals surface area (Å²) in [6, 6.07) is 15.0. The van der Waals surface area contributed by atoms with Gasteiger partial charge in [0.15, 0.2) is 0 Å². The minimum absolute atomic E-state index is 0.104. The van der Waals surface area contributed by atoms with Crippen LogP contribution >= 0.6 is 15.9 Å². The molecule has 0 spiro atoms. The van der Waals surface area contributed by atoms with Gasteiger partial charge in [-0.15, -0.1) is 0 Å². The van der Waals surface area contributed by atoms with Crippen LogP contribution in [-0.2, 0) is 22.5 Å². The fraction of sp³-hybridized carbons (Fsp3) is 0.286. The summed E-state index contributed by atoms with van der Waals surface area (Å²) in [5.41, 5.74) is 2.38. The molecular weight excluding hydrogens is 422 g/mol. The molecule has 0 aliphatic carbocycles. The average Bonchev–Trinajstić information content (AvgIpc) is 3.03. The number of rotatable bonds is 8. The fourth-order valence-corrected chi connectivity index (χ4v) is 3.24. The predicted molar refractivity (Wildman–Crippen MR) is 111 cm³/mol. The second-order valence-electron chi connectivity index (χ2n) is 6.27. The number of hydrogen-bond donors (Lipinski definition) is 1. The molecule has 7 heteroatoms. The number of ether oxygens (including phenoxy) is 1. The van der Waals surface area contributed by atoms with Crippen LogP contribution in [0.15, 0.2) is 53.0 Å². The molecule has 0 saturated carbocycles. The molecule has 0 unspecified atom stereocenters. The molecule has 0 radical (unpaired) electrons. The number of nitrogens with zero attached hydrogens (tertiary/aromatic N) is 2. The van der Waals surface area contributed by atoms with Gasteiger partial charge < -0.3 is 14.6 Å². The molecule has 1 heterocycles. The van der Waals surface area contributed by atoms with Gasteiger partial charge in [0, 0.05) is 23.0 Å². The van der Waals surface area contributed by atoms with Crippen LogP contribution in [0.25, 0.3) is 11.0 Å². The Balaban J connectivity index is 1.62. The third-order valence-corrected chi connectivity index (χ3v) is 4.82. The smallest absolute Gasteiger partial charge is 0.326 e. The maximum absolute atomic E-state index is 12.2. The van der Waals surface area contributed by atoms with Crippen molar-refractivity contribution in [3.63, 3.8) is 0 Å². The van der Waals surface area contributed by atoms with E-state index in [2.05, 4.69) is 26.2 Å². The molecule has 0 bridgehead atoms. The fourth-order valence-electron chi connectivity index (χ4n) is 2.98. The van der Waals surface area contributed by atoms with Gasteiger partial charge in [-0.2, -0.15) is 0 Å². The molecular formula is C21H22BrN3O3. The van der Waals surface area contributed by atoms with E-state index in [1.807, 2.05) is 41.0 Å². The molecule has 6 nitrogen and oxygen atoms in total. The van der Waals surface area contributed by atoms with Crippen molar-refractivity contribution in [1.29, 1.82) is 0 Å². The van der Waals surface area contributed by atoms with Crippen LogP contribution in [0.3, 0.4) is 0 Å². The molecule has 146 valence electrons. The number of hydrogen-bond acceptors (Lipinski definition) is 4. The number of para-hydroxylation sites is 2. The Morgan fingerprint density at radius 1 is 1.14 bits per heavy atom. The lowest BCUT2D eigenvalue weighted by Gasteiger charge is -2.09. The van der Waals surface area contributed by atoms with E-state index in [9.17, 15) is 9.59 Å². The summed E-state index contributed by atoms with van der Waals surface area (Å²) in [7, 11) is 0. The zero-order chi connectivity index (χ0) is 19.9. The van der Waals surface area contributed by atoms with Crippen molar-refractivity contribution >= 4 is 38.8 Å². The van der Waals surface area contributed by atoms with Crippen molar-refractivity contribution in [1.82, 2.24) is 14.9 Å². The second-order valence-corrected chi connectivity index (χ2v) is 7.19. The molecule has 0 saturated heterocycles. The summed E-state index contributed by atoms with van der Waals surface area (Å²) < 4.78 is 7.91. The quantitative estimate of drug-likeness (QED) is 0.425. The van der Waals surface area contributed by atoms with Crippen molar-refractivity contribution in [2.75, 3.05) is 13.2 Å². The minimum Gasteiger partial charge on any atom is -0.465 e. The van der Waals surface area contributed by atoms with Crippen molar-refractivity contribution in [2.45, 2.75) is 26.3 Å². The highest BCUT2D eigenvalue weighted by Gasteiger charge is 2.14. The highest BCUT2D eigenvalue weighted by molar-refractivity contribution is 9.10. The normalized spacial score (nSPS) is 10.8. The van der Waals surface area contributed by atoms with Crippen LogP contribution in [0.4, 0.5) is 0 Å². The number of carbonyl (C=O) groups is 2. The van der Waals surface area contributed by atoms with Crippen molar-refractivity contribution in [2.24, 2.45) is 0 Å². The minimum atomic E-state index is -0.282. The molecule has 0 aliphatic rings. The Hall–Kier alpha value is -2.67. The highest BCUT2D eigenvalue weighted by atomic mass is 79.9. The zero-order valence-electron chi connectivity index (χ0n) is 15.7. The molecule has 3 aromatic rings. The maximum atomic E-state index is 12.2. The zero-order valence-corrected chi connectivity index (χ0v) is 17.2. The van der Waals surface area contributed by atoms with Crippen LogP contribution < -0.4 is 5.32 Å². The molecule has 0 atom stereocenters. The van der Waals surface area contributed by atoms with E-state index in [0.717, 1.165) is 21.3 Å². The van der Waals surface area contributed by atoms with Gasteiger partial charge in [-0.3, -0.25) is 9.59 Å². The van der Waals surface area contributed by atoms with E-state index in [4.69, 9.17) is 4.74 Å². The van der Waals surface area contributed by atoms with Gasteiger partial charge in [0.05, 0.1) is 17.6 Å². The standard InChI is InChI=1S/C21H22BrN3O3/c1-2-28-20(26)14-25-18-7-4-3-6-17(18)24-19(25)8-5-13-23-21(27)15-9-11-16(22)12-10-15/h3-4,6-7,9-12H,2,5,8,13-14H2,1H3,(H,23,27). The van der Waals surface area contributed by atoms with E-state index in [0.29, 0.717) is 31.6 Å². The number of esters is 1. The molecule has 0 aliphatic heterocycles. The molecule has 1 N–H and O–H groups in total. The van der Waals surface area contributed by atoms with E-state index < -0.39 is 0 Å². The van der Waals surface area contributed by atoms with E-state index in [1.54, 1.807) is 19.1 Å². The monoisotopic (exact) mass is 443 g/mol. The van der Waals surface area contributed by atoms with Gasteiger partial charge in [-0.1, -0.05) is 28.1 Å². The van der Waals surface area contributed by atoms with Gasteiger partial charge in [0.2, 0.25) is 0 Å². The first-order valence-corrected chi connectivity index (χ1v) is 10.0. The molecule has 1 amide bonds. The molecule has 28 heavy (non-hydrogen) atoms. The maximum Gasteiger partial charge on any atom is 0.326 e. The summed E-state index contributed by atoms with van der Waals surface area (Å²) in [5, 5.41) is 2.92. The molecule has 2 aromatic carbocycles. The van der Waals surface area contributed by atoms with Gasteiger partial charge in [0.25, 0.3) is 5.91 Å². The first kappa shape index (κ1) is 20.1. The van der Waals surface area contributed by atoms with Crippen LogP contribution in [0, 0.1) is 0 Å². The first-order valence-electron chi connectivity index (χ1n) is 9.22. The number of nitrogens with one attached hydrogen (secondary N) is 1. The van der Waals surface area contributed by atoms with E-state index in [1.165, 1.54) is 0 Å². The Labute approximate surface area is 172 Å². The third kappa shape index (κ3) is 4.98. The number of amides is 1.